The van der Waals surface area contributed by atoms with Crippen LogP contribution in [0.3, 0.4) is 0 Å². The summed E-state index contributed by atoms with van der Waals surface area (Å²) in [5, 5.41) is 50.8. The molecule has 5 unspecified atom stereocenters. The molecule has 0 bridgehead atoms. The third-order valence-corrected chi connectivity index (χ3v) is 5.58. The van der Waals surface area contributed by atoms with E-state index in [9.17, 15) is 39.6 Å². The second-order valence-electron chi connectivity index (χ2n) is 7.59. The highest BCUT2D eigenvalue weighted by Crippen LogP contribution is 2.35. The van der Waals surface area contributed by atoms with Crippen LogP contribution in [-0.2, 0) is 28.7 Å². The Morgan fingerprint density at radius 3 is 2.30 bits per heavy atom. The van der Waals surface area contributed by atoms with Crippen molar-refractivity contribution in [3.8, 4) is 0 Å². The molecule has 1 aliphatic carbocycles. The highest BCUT2D eigenvalue weighted by Gasteiger charge is 2.39. The number of carbonyl (C=O) groups is 4. The van der Waals surface area contributed by atoms with Gasteiger partial charge in [0.05, 0.1) is 44.2 Å². The maximum absolute atomic E-state index is 12.5. The van der Waals surface area contributed by atoms with Crippen LogP contribution in [0.5, 0.6) is 0 Å². The molecule has 5 N–H and O–H groups in total. The minimum Gasteiger partial charge on any atom is -0.466 e. The number of methoxy groups -OCH3 is 1. The standard InChI is InChI=1S/C22H30O11/c1-12-7-13(19(28)17(27)5-3-4-6-23)8-14(21(30)32-2)15(9-24)16(10-25)20(29)18(12)22(31)33-11-26/h3-4,9,11,13,16-17,19-20,23,25,27-29H,5-8,10H2,1-2H3/b4-3+,15-14+,18-12+. The number of hydrogen-bond acceptors (Lipinski definition) is 11. The first-order valence-electron chi connectivity index (χ1n) is 10.2. The number of aliphatic hydroxyl groups excluding tert-OH is 5. The van der Waals surface area contributed by atoms with Crippen molar-refractivity contribution in [1.82, 2.24) is 0 Å². The molecule has 184 valence electrons. The molecule has 0 spiro atoms. The molecule has 0 saturated carbocycles. The molecule has 5 atom stereocenters. The number of hydrogen-bond donors (Lipinski definition) is 5. The molecule has 0 saturated heterocycles. The lowest BCUT2D eigenvalue weighted by Gasteiger charge is -2.27. The zero-order valence-corrected chi connectivity index (χ0v) is 18.4. The monoisotopic (exact) mass is 470 g/mol. The molecular formula is C22H30O11. The Morgan fingerprint density at radius 2 is 1.79 bits per heavy atom. The molecule has 0 fully saturated rings. The van der Waals surface area contributed by atoms with E-state index in [0.717, 1.165) is 7.11 Å². The van der Waals surface area contributed by atoms with E-state index in [1.807, 2.05) is 0 Å². The number of ether oxygens (including phenoxy) is 2. The van der Waals surface area contributed by atoms with Gasteiger partial charge in [0.1, 0.15) is 6.29 Å². The Morgan fingerprint density at radius 1 is 1.12 bits per heavy atom. The van der Waals surface area contributed by atoms with Gasteiger partial charge in [-0.05, 0) is 32.1 Å². The molecule has 33 heavy (non-hydrogen) atoms. The maximum atomic E-state index is 12.5. The zero-order chi connectivity index (χ0) is 25.1. The Kier molecular flexibility index (Phi) is 11.8. The minimum atomic E-state index is -1.82. The average Bonchev–Trinajstić information content (AvgIpc) is 2.83. The van der Waals surface area contributed by atoms with Crippen LogP contribution in [0, 0.1) is 11.8 Å². The van der Waals surface area contributed by atoms with Gasteiger partial charge >= 0.3 is 18.4 Å². The van der Waals surface area contributed by atoms with E-state index in [0.29, 0.717) is 0 Å². The largest absolute Gasteiger partial charge is 0.466 e. The van der Waals surface area contributed by atoms with Crippen molar-refractivity contribution in [2.75, 3.05) is 20.3 Å². The van der Waals surface area contributed by atoms with Gasteiger partial charge in [-0.25, -0.2) is 9.59 Å². The summed E-state index contributed by atoms with van der Waals surface area (Å²) < 4.78 is 9.11. The minimum absolute atomic E-state index is 0.0409. The van der Waals surface area contributed by atoms with E-state index in [-0.39, 0.29) is 55.3 Å². The Hall–Kier alpha value is -2.70. The summed E-state index contributed by atoms with van der Waals surface area (Å²) >= 11 is 0. The van der Waals surface area contributed by atoms with Gasteiger partial charge in [-0.3, -0.25) is 9.59 Å². The number of aldehydes is 1. The zero-order valence-electron chi connectivity index (χ0n) is 18.4. The van der Waals surface area contributed by atoms with Gasteiger partial charge < -0.3 is 35.0 Å². The number of allylic oxidation sites excluding steroid dienone is 1. The van der Waals surface area contributed by atoms with E-state index in [2.05, 4.69) is 4.74 Å². The van der Waals surface area contributed by atoms with Crippen molar-refractivity contribution in [3.63, 3.8) is 0 Å². The molecule has 1 rings (SSSR count). The second kappa shape index (κ2) is 13.8. The predicted octanol–water partition coefficient (Wildman–Crippen LogP) is -1.29. The van der Waals surface area contributed by atoms with Gasteiger partial charge in [0.15, 0.2) is 0 Å². The molecule has 0 heterocycles. The molecule has 0 aromatic heterocycles. The molecule has 0 amide bonds. The van der Waals surface area contributed by atoms with Crippen LogP contribution in [0.15, 0.2) is 34.4 Å². The van der Waals surface area contributed by atoms with E-state index in [1.165, 1.54) is 19.1 Å². The first-order valence-corrected chi connectivity index (χ1v) is 10.2. The third-order valence-electron chi connectivity index (χ3n) is 5.58. The lowest BCUT2D eigenvalue weighted by atomic mass is 9.83. The smallest absolute Gasteiger partial charge is 0.344 e. The van der Waals surface area contributed by atoms with E-state index < -0.39 is 54.3 Å². The SMILES string of the molecule is COC(=O)/C1=C(\C=O)C(CO)C(O)/C(C(=O)OC=O)=C(/C)CC(C(O)C(O)C/C=C/CO)C1. The van der Waals surface area contributed by atoms with Crippen molar-refractivity contribution >= 4 is 24.7 Å². The highest BCUT2D eigenvalue weighted by molar-refractivity contribution is 5.97. The van der Waals surface area contributed by atoms with Gasteiger partial charge in [0.25, 0.3) is 0 Å². The summed E-state index contributed by atoms with van der Waals surface area (Å²) in [6.07, 6.45) is -2.06. The van der Waals surface area contributed by atoms with Crippen LogP contribution < -0.4 is 0 Å². The fourth-order valence-electron chi connectivity index (χ4n) is 3.89. The van der Waals surface area contributed by atoms with E-state index in [4.69, 9.17) is 9.84 Å². The average molecular weight is 470 g/mol. The van der Waals surface area contributed by atoms with E-state index in [1.54, 1.807) is 0 Å². The molecule has 0 aliphatic heterocycles. The van der Waals surface area contributed by atoms with Crippen LogP contribution in [-0.4, -0.2) is 88.9 Å². The highest BCUT2D eigenvalue weighted by atomic mass is 16.6. The Bertz CT molecular complexity index is 811. The molecule has 1 aliphatic rings. The van der Waals surface area contributed by atoms with Crippen molar-refractivity contribution in [2.24, 2.45) is 11.8 Å². The lowest BCUT2D eigenvalue weighted by Crippen LogP contribution is -2.34. The summed E-state index contributed by atoms with van der Waals surface area (Å²) in [5.41, 5.74) is -0.856. The number of esters is 2. The van der Waals surface area contributed by atoms with Crippen molar-refractivity contribution < 1.29 is 54.2 Å². The summed E-state index contributed by atoms with van der Waals surface area (Å²) in [5.74, 6) is -4.56. The number of rotatable bonds is 10. The third kappa shape index (κ3) is 7.14. The fraction of sp³-hybridized carbons (Fsp3) is 0.545. The van der Waals surface area contributed by atoms with Gasteiger partial charge in [-0.15, -0.1) is 0 Å². The number of aliphatic hydroxyl groups is 5. The molecule has 0 radical (unpaired) electrons. The molecule has 11 heteroatoms. The normalized spacial score (nSPS) is 28.3. The van der Waals surface area contributed by atoms with Crippen LogP contribution in [0.2, 0.25) is 0 Å². The Balaban J connectivity index is 3.69. The quantitative estimate of drug-likeness (QED) is 0.111. The van der Waals surface area contributed by atoms with Gasteiger partial charge in [-0.2, -0.15) is 0 Å². The lowest BCUT2D eigenvalue weighted by molar-refractivity contribution is -0.149. The fourth-order valence-corrected chi connectivity index (χ4v) is 3.89. The Labute approximate surface area is 190 Å². The predicted molar refractivity (Wildman–Crippen MR) is 112 cm³/mol. The van der Waals surface area contributed by atoms with Crippen molar-refractivity contribution in [3.05, 3.63) is 34.4 Å². The molecule has 0 aromatic carbocycles. The van der Waals surface area contributed by atoms with Gasteiger partial charge in [0.2, 0.25) is 0 Å². The maximum Gasteiger partial charge on any atom is 0.344 e. The van der Waals surface area contributed by atoms with Crippen molar-refractivity contribution in [2.45, 2.75) is 44.5 Å². The van der Waals surface area contributed by atoms with Crippen LogP contribution in [0.4, 0.5) is 0 Å². The topological polar surface area (TPSA) is 188 Å². The van der Waals surface area contributed by atoms with Gasteiger partial charge in [0, 0.05) is 17.1 Å². The van der Waals surface area contributed by atoms with Crippen molar-refractivity contribution in [1.29, 1.82) is 0 Å². The van der Waals surface area contributed by atoms with E-state index >= 15 is 0 Å². The van der Waals surface area contributed by atoms with Crippen LogP contribution >= 0.6 is 0 Å². The van der Waals surface area contributed by atoms with Crippen LogP contribution in [0.25, 0.3) is 0 Å². The molecule has 11 nitrogen and oxygen atoms in total. The first-order chi connectivity index (χ1) is 15.7. The summed E-state index contributed by atoms with van der Waals surface area (Å²) in [7, 11) is 1.06. The summed E-state index contributed by atoms with van der Waals surface area (Å²) in [4.78, 5) is 47.6. The second-order valence-corrected chi connectivity index (χ2v) is 7.59. The first kappa shape index (κ1) is 28.3. The number of carbonyl (C=O) groups excluding carboxylic acids is 4. The molecule has 0 aromatic rings. The summed E-state index contributed by atoms with van der Waals surface area (Å²) in [6.45, 7) is 0.160. The molecular weight excluding hydrogens is 440 g/mol. The summed E-state index contributed by atoms with van der Waals surface area (Å²) in [6, 6.07) is 0. The van der Waals surface area contributed by atoms with Gasteiger partial charge in [-0.1, -0.05) is 17.7 Å². The van der Waals surface area contributed by atoms with Crippen LogP contribution in [0.1, 0.15) is 26.2 Å².